The first-order valence-electron chi connectivity index (χ1n) is 6.64. The van der Waals surface area contributed by atoms with Crippen molar-refractivity contribution in [2.75, 3.05) is 7.11 Å². The van der Waals surface area contributed by atoms with Gasteiger partial charge in [0.05, 0.1) is 7.11 Å². The van der Waals surface area contributed by atoms with Crippen LogP contribution < -0.4 is 10.1 Å². The van der Waals surface area contributed by atoms with Gasteiger partial charge in [-0.25, -0.2) is 0 Å². The maximum atomic E-state index is 11.8. The molecule has 1 unspecified atom stereocenters. The highest BCUT2D eigenvalue weighted by molar-refractivity contribution is 5.83. The number of rotatable bonds is 7. The van der Waals surface area contributed by atoms with Gasteiger partial charge in [0, 0.05) is 6.42 Å². The Morgan fingerprint density at radius 3 is 2.35 bits per heavy atom. The number of ether oxygens (including phenoxy) is 1. The van der Waals surface area contributed by atoms with Crippen LogP contribution in [0.25, 0.3) is 0 Å². The molecule has 5 nitrogen and oxygen atoms in total. The van der Waals surface area contributed by atoms with Gasteiger partial charge in [0.25, 0.3) is 0 Å². The first kappa shape index (κ1) is 16.0. The normalized spacial score (nSPS) is 13.3. The van der Waals surface area contributed by atoms with Crippen LogP contribution in [0.1, 0.15) is 38.2 Å². The quantitative estimate of drug-likeness (QED) is 0.802. The lowest BCUT2D eigenvalue weighted by Gasteiger charge is -2.17. The molecule has 1 aromatic rings. The molecule has 0 aliphatic heterocycles. The summed E-state index contributed by atoms with van der Waals surface area (Å²) in [6.45, 7) is 3.46. The summed E-state index contributed by atoms with van der Waals surface area (Å²) in [5, 5.41) is 11.2. The number of hydrogen-bond donors (Lipinski definition) is 2. The molecule has 0 saturated heterocycles. The van der Waals surface area contributed by atoms with Gasteiger partial charge in [0.2, 0.25) is 5.91 Å². The van der Waals surface area contributed by atoms with Crippen LogP contribution in [-0.2, 0) is 9.59 Å². The van der Waals surface area contributed by atoms with E-state index in [1.165, 1.54) is 6.92 Å². The van der Waals surface area contributed by atoms with Gasteiger partial charge in [-0.2, -0.15) is 0 Å². The van der Waals surface area contributed by atoms with Crippen LogP contribution in [0.2, 0.25) is 0 Å². The lowest BCUT2D eigenvalue weighted by Crippen LogP contribution is -2.38. The fourth-order valence-corrected chi connectivity index (χ4v) is 1.96. The van der Waals surface area contributed by atoms with E-state index in [1.54, 1.807) is 7.11 Å². The fourth-order valence-electron chi connectivity index (χ4n) is 1.96. The summed E-state index contributed by atoms with van der Waals surface area (Å²) < 4.78 is 5.10. The molecule has 110 valence electrons. The van der Waals surface area contributed by atoms with Crippen LogP contribution in [0.5, 0.6) is 5.75 Å². The summed E-state index contributed by atoms with van der Waals surface area (Å²) in [5.41, 5.74) is 1.05. The van der Waals surface area contributed by atoms with Crippen molar-refractivity contribution >= 4 is 11.9 Å². The van der Waals surface area contributed by atoms with Gasteiger partial charge in [0.1, 0.15) is 11.8 Å². The molecule has 1 amide bonds. The molecule has 0 aliphatic rings. The average molecular weight is 279 g/mol. The van der Waals surface area contributed by atoms with E-state index in [0.29, 0.717) is 0 Å². The van der Waals surface area contributed by atoms with Gasteiger partial charge in [-0.05, 0) is 37.0 Å². The summed E-state index contributed by atoms with van der Waals surface area (Å²) >= 11 is 0. The van der Waals surface area contributed by atoms with Crippen LogP contribution in [0, 0.1) is 0 Å². The number of carbonyl (C=O) groups excluding carboxylic acids is 1. The minimum atomic E-state index is -1.03. The van der Waals surface area contributed by atoms with Crippen molar-refractivity contribution in [2.45, 2.75) is 38.6 Å². The zero-order valence-electron chi connectivity index (χ0n) is 12.1. The molecule has 0 aliphatic carbocycles. The number of nitrogens with one attached hydrogen (secondary N) is 1. The van der Waals surface area contributed by atoms with Gasteiger partial charge in [-0.3, -0.25) is 9.59 Å². The van der Waals surface area contributed by atoms with Crippen LogP contribution in [0.4, 0.5) is 0 Å². The minimum Gasteiger partial charge on any atom is -0.497 e. The molecule has 0 bridgehead atoms. The van der Waals surface area contributed by atoms with Crippen LogP contribution >= 0.6 is 0 Å². The predicted molar refractivity (Wildman–Crippen MR) is 75.9 cm³/mol. The second-order valence-electron chi connectivity index (χ2n) is 4.71. The highest BCUT2D eigenvalue weighted by atomic mass is 16.5. The molecule has 0 fully saturated rings. The Morgan fingerprint density at radius 2 is 1.90 bits per heavy atom. The maximum absolute atomic E-state index is 11.8. The molecule has 0 heterocycles. The molecule has 1 aromatic carbocycles. The molecule has 2 N–H and O–H groups in total. The summed E-state index contributed by atoms with van der Waals surface area (Å²) in [6, 6.07) is 6.71. The molecule has 0 aromatic heterocycles. The Labute approximate surface area is 118 Å². The zero-order chi connectivity index (χ0) is 15.1. The topological polar surface area (TPSA) is 75.6 Å². The average Bonchev–Trinajstić information content (AvgIpc) is 2.44. The number of methoxy groups -OCH3 is 1. The van der Waals surface area contributed by atoms with Crippen molar-refractivity contribution in [3.8, 4) is 5.75 Å². The Balaban J connectivity index is 2.66. The van der Waals surface area contributed by atoms with Crippen LogP contribution in [0.15, 0.2) is 24.3 Å². The van der Waals surface area contributed by atoms with E-state index < -0.39 is 12.0 Å². The second kappa shape index (κ2) is 7.53. The summed E-state index contributed by atoms with van der Waals surface area (Å²) in [6.07, 6.45) is 1.08. The molecule has 2 atom stereocenters. The van der Waals surface area contributed by atoms with Crippen molar-refractivity contribution in [3.05, 3.63) is 29.8 Å². The van der Waals surface area contributed by atoms with E-state index in [2.05, 4.69) is 5.32 Å². The largest absolute Gasteiger partial charge is 0.497 e. The van der Waals surface area contributed by atoms with E-state index in [4.69, 9.17) is 9.84 Å². The number of amides is 1. The second-order valence-corrected chi connectivity index (χ2v) is 4.71. The molecular weight excluding hydrogens is 258 g/mol. The van der Waals surface area contributed by atoms with Gasteiger partial charge >= 0.3 is 5.97 Å². The van der Waals surface area contributed by atoms with Gasteiger partial charge in [0.15, 0.2) is 0 Å². The van der Waals surface area contributed by atoms with Gasteiger partial charge < -0.3 is 15.2 Å². The number of carbonyl (C=O) groups is 2. The van der Waals surface area contributed by atoms with Crippen molar-refractivity contribution < 1.29 is 19.4 Å². The summed E-state index contributed by atoms with van der Waals surface area (Å²) in [7, 11) is 1.60. The van der Waals surface area contributed by atoms with Crippen molar-refractivity contribution in [1.29, 1.82) is 0 Å². The molecule has 20 heavy (non-hydrogen) atoms. The highest BCUT2D eigenvalue weighted by Gasteiger charge is 2.18. The minimum absolute atomic E-state index is 0.0712. The third-order valence-corrected chi connectivity index (χ3v) is 3.26. The Kier molecular flexibility index (Phi) is 6.03. The predicted octanol–water partition coefficient (Wildman–Crippen LogP) is 2.17. The van der Waals surface area contributed by atoms with Crippen molar-refractivity contribution in [2.24, 2.45) is 0 Å². The molecule has 0 radical (unpaired) electrons. The van der Waals surface area contributed by atoms with E-state index >= 15 is 0 Å². The maximum Gasteiger partial charge on any atom is 0.325 e. The third-order valence-electron chi connectivity index (χ3n) is 3.26. The number of carboxylic acids is 1. The molecule has 5 heteroatoms. The monoisotopic (exact) mass is 279 g/mol. The standard InChI is InChI=1S/C15H21NO4/c1-4-11(9-14(17)16-10(2)15(18)19)12-5-7-13(20-3)8-6-12/h5-8,10-11H,4,9H2,1-3H3,(H,16,17)(H,18,19)/t10-,11?/m0/s1. The van der Waals surface area contributed by atoms with Gasteiger partial charge in [-0.15, -0.1) is 0 Å². The van der Waals surface area contributed by atoms with E-state index in [1.807, 2.05) is 31.2 Å². The SMILES string of the molecule is CCC(CC(=O)N[C@@H](C)C(=O)O)c1ccc(OC)cc1. The van der Waals surface area contributed by atoms with E-state index in [-0.39, 0.29) is 18.2 Å². The van der Waals surface area contributed by atoms with E-state index in [0.717, 1.165) is 17.7 Å². The number of carboxylic acid groups (broad SMARTS) is 1. The molecule has 0 spiro atoms. The zero-order valence-corrected chi connectivity index (χ0v) is 12.1. The Bertz CT molecular complexity index is 455. The molecule has 1 rings (SSSR count). The molecular formula is C15H21NO4. The van der Waals surface area contributed by atoms with Crippen LogP contribution in [0.3, 0.4) is 0 Å². The fraction of sp³-hybridized carbons (Fsp3) is 0.467. The highest BCUT2D eigenvalue weighted by Crippen LogP contribution is 2.25. The van der Waals surface area contributed by atoms with E-state index in [9.17, 15) is 9.59 Å². The Morgan fingerprint density at radius 1 is 1.30 bits per heavy atom. The summed E-state index contributed by atoms with van der Waals surface area (Å²) in [5.74, 6) is -0.437. The first-order chi connectivity index (χ1) is 9.47. The lowest BCUT2D eigenvalue weighted by molar-refractivity contribution is -0.141. The van der Waals surface area contributed by atoms with Crippen LogP contribution in [-0.4, -0.2) is 30.1 Å². The smallest absolute Gasteiger partial charge is 0.325 e. The first-order valence-corrected chi connectivity index (χ1v) is 6.64. The van der Waals surface area contributed by atoms with Crippen molar-refractivity contribution in [1.82, 2.24) is 5.32 Å². The number of benzene rings is 1. The third kappa shape index (κ3) is 4.57. The number of hydrogen-bond acceptors (Lipinski definition) is 3. The number of aliphatic carboxylic acids is 1. The van der Waals surface area contributed by atoms with Gasteiger partial charge in [-0.1, -0.05) is 19.1 Å². The molecule has 0 saturated carbocycles. The Hall–Kier alpha value is -2.04. The van der Waals surface area contributed by atoms with Crippen molar-refractivity contribution in [3.63, 3.8) is 0 Å². The summed E-state index contributed by atoms with van der Waals surface area (Å²) in [4.78, 5) is 22.5. The lowest BCUT2D eigenvalue weighted by atomic mass is 9.93.